The van der Waals surface area contributed by atoms with Gasteiger partial charge in [0.05, 0.1) is 6.54 Å². The van der Waals surface area contributed by atoms with Crippen LogP contribution < -0.4 is 0 Å². The van der Waals surface area contributed by atoms with Gasteiger partial charge in [0.25, 0.3) is 0 Å². The monoisotopic (exact) mass is 375 g/mol. The van der Waals surface area contributed by atoms with Crippen LogP contribution in [0.15, 0.2) is 36.5 Å². The molecule has 1 fully saturated rings. The lowest BCUT2D eigenvalue weighted by Crippen LogP contribution is -2.34. The van der Waals surface area contributed by atoms with Crippen molar-refractivity contribution in [3.8, 4) is 0 Å². The molecule has 3 heterocycles. The molecular formula is C24H29N3O. The molecule has 0 saturated heterocycles. The first-order valence-corrected chi connectivity index (χ1v) is 10.4. The Hall–Kier alpha value is -2.17. The third-order valence-corrected chi connectivity index (χ3v) is 6.49. The standard InChI is InChI=1S/C24H29N3O/c1-16-4-7-22-20(12-16)21-14-26(19-5-6-19)11-9-23(21)27(22)15-24(3,28)18-8-10-25-17(2)13-18/h4,7-8,10,12-13,19,28H,5-6,9,11,14-15H2,1-3H3. The fourth-order valence-corrected chi connectivity index (χ4v) is 4.80. The number of rotatable bonds is 4. The van der Waals surface area contributed by atoms with Crippen molar-refractivity contribution in [2.75, 3.05) is 6.54 Å². The zero-order valence-electron chi connectivity index (χ0n) is 17.1. The SMILES string of the molecule is Cc1ccc2c(c1)c1c(n2CC(C)(O)c2ccnc(C)c2)CCN(C2CC2)C1. The molecule has 1 aliphatic carbocycles. The molecule has 5 rings (SSSR count). The summed E-state index contributed by atoms with van der Waals surface area (Å²) in [4.78, 5) is 6.94. The number of hydrogen-bond acceptors (Lipinski definition) is 3. The van der Waals surface area contributed by atoms with Crippen molar-refractivity contribution in [2.45, 2.75) is 64.8 Å². The van der Waals surface area contributed by atoms with Crippen molar-refractivity contribution in [1.29, 1.82) is 0 Å². The van der Waals surface area contributed by atoms with Crippen LogP contribution in [0, 0.1) is 13.8 Å². The summed E-state index contributed by atoms with van der Waals surface area (Å²) in [6.07, 6.45) is 5.55. The van der Waals surface area contributed by atoms with Crippen LogP contribution in [0.2, 0.25) is 0 Å². The number of aryl methyl sites for hydroxylation is 2. The Balaban J connectivity index is 1.59. The highest BCUT2D eigenvalue weighted by molar-refractivity contribution is 5.86. The Labute approximate surface area is 166 Å². The van der Waals surface area contributed by atoms with E-state index in [1.54, 1.807) is 6.20 Å². The minimum absolute atomic E-state index is 0.564. The van der Waals surface area contributed by atoms with E-state index in [0.29, 0.717) is 6.54 Å². The maximum absolute atomic E-state index is 11.4. The number of hydrogen-bond donors (Lipinski definition) is 1. The second kappa shape index (κ2) is 6.43. The van der Waals surface area contributed by atoms with Gasteiger partial charge in [-0.05, 0) is 69.0 Å². The molecule has 1 aromatic carbocycles. The van der Waals surface area contributed by atoms with Gasteiger partial charge in [-0.25, -0.2) is 0 Å². The molecule has 0 spiro atoms. The Morgan fingerprint density at radius 1 is 1.18 bits per heavy atom. The first kappa shape index (κ1) is 17.9. The van der Waals surface area contributed by atoms with Crippen LogP contribution in [0.1, 0.15) is 47.8 Å². The Morgan fingerprint density at radius 3 is 2.75 bits per heavy atom. The summed E-state index contributed by atoms with van der Waals surface area (Å²) in [6.45, 7) is 8.80. The largest absolute Gasteiger partial charge is 0.384 e. The molecule has 1 saturated carbocycles. The highest BCUT2D eigenvalue weighted by Gasteiger charge is 2.34. The minimum atomic E-state index is -0.939. The van der Waals surface area contributed by atoms with Gasteiger partial charge in [0, 0.05) is 54.0 Å². The van der Waals surface area contributed by atoms with E-state index in [-0.39, 0.29) is 0 Å². The van der Waals surface area contributed by atoms with E-state index in [4.69, 9.17) is 0 Å². The van der Waals surface area contributed by atoms with Crippen molar-refractivity contribution in [1.82, 2.24) is 14.5 Å². The molecule has 28 heavy (non-hydrogen) atoms. The number of benzene rings is 1. The Morgan fingerprint density at radius 2 is 2.00 bits per heavy atom. The lowest BCUT2D eigenvalue weighted by Gasteiger charge is -2.30. The maximum atomic E-state index is 11.4. The molecule has 1 unspecified atom stereocenters. The van der Waals surface area contributed by atoms with E-state index < -0.39 is 5.60 Å². The first-order valence-electron chi connectivity index (χ1n) is 10.4. The first-order chi connectivity index (χ1) is 13.4. The second-order valence-electron chi connectivity index (χ2n) is 8.94. The molecule has 2 aliphatic rings. The molecule has 3 aromatic rings. The Bertz CT molecular complexity index is 1050. The summed E-state index contributed by atoms with van der Waals surface area (Å²) in [5, 5.41) is 12.8. The quantitative estimate of drug-likeness (QED) is 0.747. The summed E-state index contributed by atoms with van der Waals surface area (Å²) in [7, 11) is 0. The molecule has 1 atom stereocenters. The highest BCUT2D eigenvalue weighted by atomic mass is 16.3. The summed E-state index contributed by atoms with van der Waals surface area (Å²) >= 11 is 0. The van der Waals surface area contributed by atoms with E-state index in [2.05, 4.69) is 39.6 Å². The fraction of sp³-hybridized carbons (Fsp3) is 0.458. The van der Waals surface area contributed by atoms with Gasteiger partial charge in [-0.3, -0.25) is 9.88 Å². The third-order valence-electron chi connectivity index (χ3n) is 6.49. The number of pyridine rings is 1. The number of nitrogens with zero attached hydrogens (tertiary/aromatic N) is 3. The highest BCUT2D eigenvalue weighted by Crippen LogP contribution is 2.38. The molecule has 4 heteroatoms. The van der Waals surface area contributed by atoms with Crippen LogP contribution in [0.5, 0.6) is 0 Å². The lowest BCUT2D eigenvalue weighted by molar-refractivity contribution is 0.0382. The number of aromatic nitrogens is 2. The zero-order chi connectivity index (χ0) is 19.5. The minimum Gasteiger partial charge on any atom is -0.384 e. The third kappa shape index (κ3) is 3.05. The normalized spacial score (nSPS) is 19.6. The zero-order valence-corrected chi connectivity index (χ0v) is 17.1. The molecule has 1 N–H and O–H groups in total. The summed E-state index contributed by atoms with van der Waals surface area (Å²) < 4.78 is 2.38. The van der Waals surface area contributed by atoms with Gasteiger partial charge in [0.2, 0.25) is 0 Å². The topological polar surface area (TPSA) is 41.3 Å². The van der Waals surface area contributed by atoms with Crippen LogP contribution in [0.25, 0.3) is 10.9 Å². The maximum Gasteiger partial charge on any atom is 0.105 e. The van der Waals surface area contributed by atoms with Gasteiger partial charge in [-0.15, -0.1) is 0 Å². The summed E-state index contributed by atoms with van der Waals surface area (Å²) in [6, 6.07) is 11.5. The van der Waals surface area contributed by atoms with Crippen molar-refractivity contribution < 1.29 is 5.11 Å². The average Bonchev–Trinajstić information content (AvgIpc) is 3.47. The van der Waals surface area contributed by atoms with E-state index in [1.165, 1.54) is 40.6 Å². The van der Waals surface area contributed by atoms with Crippen molar-refractivity contribution in [3.63, 3.8) is 0 Å². The molecular weight excluding hydrogens is 346 g/mol. The van der Waals surface area contributed by atoms with Crippen LogP contribution in [0.3, 0.4) is 0 Å². The fourth-order valence-electron chi connectivity index (χ4n) is 4.80. The van der Waals surface area contributed by atoms with Crippen LogP contribution in [0.4, 0.5) is 0 Å². The molecule has 4 nitrogen and oxygen atoms in total. The van der Waals surface area contributed by atoms with E-state index in [1.807, 2.05) is 26.0 Å². The predicted octanol–water partition coefficient (Wildman–Crippen LogP) is 4.08. The summed E-state index contributed by atoms with van der Waals surface area (Å²) in [5.41, 5.74) is 6.35. The molecule has 146 valence electrons. The van der Waals surface area contributed by atoms with Gasteiger partial charge in [0.15, 0.2) is 0 Å². The van der Waals surface area contributed by atoms with Crippen molar-refractivity contribution in [3.05, 3.63) is 64.6 Å². The Kier molecular flexibility index (Phi) is 4.11. The number of aliphatic hydroxyl groups is 1. The van der Waals surface area contributed by atoms with Gasteiger partial charge in [-0.2, -0.15) is 0 Å². The van der Waals surface area contributed by atoms with Gasteiger partial charge < -0.3 is 9.67 Å². The molecule has 0 bridgehead atoms. The van der Waals surface area contributed by atoms with Crippen LogP contribution >= 0.6 is 0 Å². The smallest absolute Gasteiger partial charge is 0.105 e. The summed E-state index contributed by atoms with van der Waals surface area (Å²) in [5.74, 6) is 0. The van der Waals surface area contributed by atoms with Crippen LogP contribution in [-0.4, -0.2) is 32.1 Å². The van der Waals surface area contributed by atoms with Crippen LogP contribution in [-0.2, 0) is 25.1 Å². The van der Waals surface area contributed by atoms with Crippen molar-refractivity contribution in [2.24, 2.45) is 0 Å². The average molecular weight is 376 g/mol. The van der Waals surface area contributed by atoms with Gasteiger partial charge in [-0.1, -0.05) is 11.6 Å². The predicted molar refractivity (Wildman–Crippen MR) is 112 cm³/mol. The molecule has 1 aliphatic heterocycles. The van der Waals surface area contributed by atoms with E-state index >= 15 is 0 Å². The molecule has 0 radical (unpaired) electrons. The van der Waals surface area contributed by atoms with E-state index in [9.17, 15) is 5.11 Å². The molecule has 0 amide bonds. The van der Waals surface area contributed by atoms with Gasteiger partial charge >= 0.3 is 0 Å². The van der Waals surface area contributed by atoms with Crippen molar-refractivity contribution >= 4 is 10.9 Å². The van der Waals surface area contributed by atoms with E-state index in [0.717, 1.165) is 36.8 Å². The lowest BCUT2D eigenvalue weighted by atomic mass is 9.96. The van der Waals surface area contributed by atoms with Gasteiger partial charge in [0.1, 0.15) is 5.60 Å². The second-order valence-corrected chi connectivity index (χ2v) is 8.94. The molecule has 2 aromatic heterocycles. The number of fused-ring (bicyclic) bond motifs is 3.